The molecule has 1 aliphatic heterocycles. The SMILES string of the molecule is COc1ccc2nc(N3C(=O)C(=O)/C(=C(/O)c4ccc(OC)c(C)c4)C3c3cccc([N+](=O)[O-])c3)sc2c1. The number of ketones is 1. The Morgan fingerprint density at radius 3 is 2.55 bits per heavy atom. The Kier molecular flexibility index (Phi) is 6.29. The maximum absolute atomic E-state index is 13.4. The van der Waals surface area contributed by atoms with Crippen molar-refractivity contribution in [3.8, 4) is 11.5 Å². The number of Topliss-reactive ketones (excluding diaryl/α,β-unsaturated/α-hetero) is 1. The van der Waals surface area contributed by atoms with Gasteiger partial charge >= 0.3 is 5.91 Å². The van der Waals surface area contributed by atoms with Crippen LogP contribution in [0.2, 0.25) is 0 Å². The van der Waals surface area contributed by atoms with Crippen LogP contribution in [0.15, 0.2) is 66.2 Å². The molecule has 5 rings (SSSR count). The molecule has 1 saturated heterocycles. The second-order valence-electron chi connectivity index (χ2n) is 8.54. The molecule has 0 aliphatic carbocycles. The highest BCUT2D eigenvalue weighted by molar-refractivity contribution is 7.22. The molecule has 11 heteroatoms. The van der Waals surface area contributed by atoms with E-state index in [9.17, 15) is 24.8 Å². The molecular weight excluding hydrogens is 510 g/mol. The average molecular weight is 532 g/mol. The number of ether oxygens (including phenoxy) is 2. The summed E-state index contributed by atoms with van der Waals surface area (Å²) in [4.78, 5) is 43.6. The predicted molar refractivity (Wildman–Crippen MR) is 142 cm³/mol. The van der Waals surface area contributed by atoms with Gasteiger partial charge in [0.1, 0.15) is 17.3 Å². The van der Waals surface area contributed by atoms with Gasteiger partial charge in [0, 0.05) is 17.7 Å². The highest BCUT2D eigenvalue weighted by Gasteiger charge is 2.48. The predicted octanol–water partition coefficient (Wildman–Crippen LogP) is 5.16. The van der Waals surface area contributed by atoms with Crippen molar-refractivity contribution in [3.63, 3.8) is 0 Å². The Bertz CT molecular complexity index is 1660. The third kappa shape index (κ3) is 4.12. The summed E-state index contributed by atoms with van der Waals surface area (Å²) in [6.45, 7) is 1.78. The van der Waals surface area contributed by atoms with Gasteiger partial charge < -0.3 is 14.6 Å². The number of carbonyl (C=O) groups is 2. The molecule has 0 spiro atoms. The van der Waals surface area contributed by atoms with Crippen LogP contribution < -0.4 is 14.4 Å². The molecule has 0 radical (unpaired) electrons. The molecule has 1 amide bonds. The monoisotopic (exact) mass is 531 g/mol. The van der Waals surface area contributed by atoms with E-state index in [0.717, 1.165) is 11.3 Å². The van der Waals surface area contributed by atoms with Gasteiger partial charge in [0.15, 0.2) is 5.13 Å². The highest BCUT2D eigenvalue weighted by Crippen LogP contribution is 2.45. The van der Waals surface area contributed by atoms with Crippen molar-refractivity contribution in [1.29, 1.82) is 0 Å². The lowest BCUT2D eigenvalue weighted by Crippen LogP contribution is -2.29. The molecule has 1 N–H and O–H groups in total. The molecule has 1 fully saturated rings. The van der Waals surface area contributed by atoms with Crippen molar-refractivity contribution < 1.29 is 29.1 Å². The maximum Gasteiger partial charge on any atom is 0.301 e. The third-order valence-electron chi connectivity index (χ3n) is 6.30. The number of thiazole rings is 1. The number of aromatic nitrogens is 1. The number of nitro benzene ring substituents is 1. The van der Waals surface area contributed by atoms with E-state index in [2.05, 4.69) is 4.98 Å². The van der Waals surface area contributed by atoms with Crippen LogP contribution in [0.25, 0.3) is 16.0 Å². The minimum absolute atomic E-state index is 0.197. The van der Waals surface area contributed by atoms with E-state index in [1.165, 1.54) is 37.3 Å². The molecule has 1 unspecified atom stereocenters. The summed E-state index contributed by atoms with van der Waals surface area (Å²) in [5.74, 6) is -1.05. The molecule has 10 nitrogen and oxygen atoms in total. The number of benzene rings is 3. The summed E-state index contributed by atoms with van der Waals surface area (Å²) < 4.78 is 11.3. The number of methoxy groups -OCH3 is 2. The number of fused-ring (bicyclic) bond motifs is 1. The fourth-order valence-electron chi connectivity index (χ4n) is 4.46. The number of non-ortho nitro benzene ring substituents is 1. The summed E-state index contributed by atoms with van der Waals surface area (Å²) in [5.41, 5.74) is 1.45. The van der Waals surface area contributed by atoms with Gasteiger partial charge in [-0.3, -0.25) is 24.6 Å². The van der Waals surface area contributed by atoms with Crippen molar-refractivity contribution in [3.05, 3.63) is 93.0 Å². The third-order valence-corrected chi connectivity index (χ3v) is 7.32. The molecular formula is C27H21N3O7S. The number of amides is 1. The normalized spacial score (nSPS) is 16.7. The second-order valence-corrected chi connectivity index (χ2v) is 9.54. The number of nitro groups is 1. The molecule has 2 heterocycles. The topological polar surface area (TPSA) is 132 Å². The van der Waals surface area contributed by atoms with Crippen LogP contribution in [0.3, 0.4) is 0 Å². The van der Waals surface area contributed by atoms with Crippen LogP contribution in [0.5, 0.6) is 11.5 Å². The van der Waals surface area contributed by atoms with Gasteiger partial charge in [0.05, 0.1) is 41.0 Å². The summed E-state index contributed by atoms with van der Waals surface area (Å²) in [7, 11) is 3.05. The fourth-order valence-corrected chi connectivity index (χ4v) is 5.48. The number of aliphatic hydroxyl groups excluding tert-OH is 1. The quantitative estimate of drug-likeness (QED) is 0.119. The van der Waals surface area contributed by atoms with Crippen LogP contribution in [-0.4, -0.2) is 40.9 Å². The molecule has 1 aromatic heterocycles. The van der Waals surface area contributed by atoms with Crippen molar-refractivity contribution in [2.45, 2.75) is 13.0 Å². The first kappa shape index (κ1) is 24.9. The minimum atomic E-state index is -1.15. The van der Waals surface area contributed by atoms with E-state index in [1.54, 1.807) is 49.4 Å². The lowest BCUT2D eigenvalue weighted by molar-refractivity contribution is -0.384. The van der Waals surface area contributed by atoms with Gasteiger partial charge in [0.25, 0.3) is 11.5 Å². The van der Waals surface area contributed by atoms with Crippen LogP contribution in [0.1, 0.15) is 22.7 Å². The van der Waals surface area contributed by atoms with Crippen LogP contribution >= 0.6 is 11.3 Å². The lowest BCUT2D eigenvalue weighted by Gasteiger charge is -2.22. The summed E-state index contributed by atoms with van der Waals surface area (Å²) in [6.07, 6.45) is 0. The van der Waals surface area contributed by atoms with E-state index < -0.39 is 28.4 Å². The molecule has 3 aromatic carbocycles. The number of nitrogens with zero attached hydrogens (tertiary/aromatic N) is 3. The molecule has 1 atom stereocenters. The number of hydrogen-bond acceptors (Lipinski definition) is 9. The molecule has 0 bridgehead atoms. The van der Waals surface area contributed by atoms with Gasteiger partial charge in [-0.2, -0.15) is 0 Å². The van der Waals surface area contributed by atoms with E-state index in [4.69, 9.17) is 9.47 Å². The number of aliphatic hydroxyl groups is 1. The van der Waals surface area contributed by atoms with Crippen molar-refractivity contribution in [2.24, 2.45) is 0 Å². The van der Waals surface area contributed by atoms with Gasteiger partial charge in [-0.15, -0.1) is 0 Å². The Hall–Kier alpha value is -4.77. The van der Waals surface area contributed by atoms with Crippen LogP contribution in [0.4, 0.5) is 10.8 Å². The van der Waals surface area contributed by atoms with Crippen molar-refractivity contribution in [2.75, 3.05) is 19.1 Å². The van der Waals surface area contributed by atoms with Gasteiger partial charge in [-0.05, 0) is 54.4 Å². The maximum atomic E-state index is 13.4. The minimum Gasteiger partial charge on any atom is -0.507 e. The first-order valence-electron chi connectivity index (χ1n) is 11.4. The zero-order valence-corrected chi connectivity index (χ0v) is 21.3. The number of rotatable bonds is 6. The number of anilines is 1. The number of carbonyl (C=O) groups excluding carboxylic acids is 2. The highest BCUT2D eigenvalue weighted by atomic mass is 32.1. The summed E-state index contributed by atoms with van der Waals surface area (Å²) in [6, 6.07) is 14.5. The van der Waals surface area contributed by atoms with Crippen LogP contribution in [-0.2, 0) is 9.59 Å². The van der Waals surface area contributed by atoms with E-state index in [1.807, 2.05) is 0 Å². The first-order valence-corrected chi connectivity index (χ1v) is 12.2. The Morgan fingerprint density at radius 2 is 1.87 bits per heavy atom. The fraction of sp³-hybridized carbons (Fsp3) is 0.148. The number of hydrogen-bond donors (Lipinski definition) is 1. The van der Waals surface area contributed by atoms with Gasteiger partial charge in [0.2, 0.25) is 0 Å². The molecule has 192 valence electrons. The Labute approximate surface area is 220 Å². The average Bonchev–Trinajstić information content (AvgIpc) is 3.45. The van der Waals surface area contributed by atoms with E-state index in [-0.39, 0.29) is 22.0 Å². The first-order chi connectivity index (χ1) is 18.2. The Morgan fingerprint density at radius 1 is 1.08 bits per heavy atom. The lowest BCUT2D eigenvalue weighted by atomic mass is 9.94. The van der Waals surface area contributed by atoms with Crippen LogP contribution in [0, 0.1) is 17.0 Å². The number of aryl methyl sites for hydroxylation is 1. The zero-order valence-electron chi connectivity index (χ0n) is 20.5. The molecule has 0 saturated carbocycles. The van der Waals surface area contributed by atoms with E-state index in [0.29, 0.717) is 32.8 Å². The molecule has 1 aliphatic rings. The smallest absolute Gasteiger partial charge is 0.301 e. The second kappa shape index (κ2) is 9.60. The molecule has 38 heavy (non-hydrogen) atoms. The largest absolute Gasteiger partial charge is 0.507 e. The zero-order chi connectivity index (χ0) is 27.1. The van der Waals surface area contributed by atoms with E-state index >= 15 is 0 Å². The standard InChI is InChI=1S/C27H21N3O7S/c1-14-11-16(7-10-20(14)37-3)24(31)22-23(15-5-4-6-17(12-15)30(34)35)29(26(33)25(22)32)27-28-19-9-8-18(36-2)13-21(19)38-27/h4-13,23,31H,1-3H3/b24-22+. The summed E-state index contributed by atoms with van der Waals surface area (Å²) in [5, 5.41) is 23.1. The van der Waals surface area contributed by atoms with Crippen molar-refractivity contribution >= 4 is 49.8 Å². The Balaban J connectivity index is 1.74. The van der Waals surface area contributed by atoms with Gasteiger partial charge in [-0.25, -0.2) is 4.98 Å². The van der Waals surface area contributed by atoms with Crippen molar-refractivity contribution in [1.82, 2.24) is 4.98 Å². The summed E-state index contributed by atoms with van der Waals surface area (Å²) >= 11 is 1.16. The molecule has 4 aromatic rings. The van der Waals surface area contributed by atoms with Gasteiger partial charge in [-0.1, -0.05) is 23.5 Å².